The molecule has 2 saturated heterocycles. The van der Waals surface area contributed by atoms with Crippen molar-refractivity contribution < 1.29 is 72.1 Å². The number of cyclic esters (lactones) is 2. The molecule has 282 valence electrons. The summed E-state index contributed by atoms with van der Waals surface area (Å²) in [6, 6.07) is 0. The highest BCUT2D eigenvalue weighted by Crippen LogP contribution is 2.72. The summed E-state index contributed by atoms with van der Waals surface area (Å²) in [7, 11) is 1.23. The second kappa shape index (κ2) is 13.0. The Balaban J connectivity index is 1.83. The fourth-order valence-electron chi connectivity index (χ4n) is 9.67. The quantitative estimate of drug-likeness (QED) is 0.208. The monoisotopic (exact) mass is 720 g/mol. The first-order valence-corrected chi connectivity index (χ1v) is 17.1. The summed E-state index contributed by atoms with van der Waals surface area (Å²) in [6.45, 7) is 17.1. The summed E-state index contributed by atoms with van der Waals surface area (Å²) in [5.41, 5.74) is -6.54. The average molecular weight is 721 g/mol. The molecule has 4 fully saturated rings. The molecule has 2 bridgehead atoms. The first kappa shape index (κ1) is 38.4. The van der Waals surface area contributed by atoms with Gasteiger partial charge in [0.1, 0.15) is 30.0 Å². The molecular formula is C36H48O15. The number of esters is 6. The second-order valence-electron chi connectivity index (χ2n) is 15.4. The molecule has 0 amide bonds. The minimum Gasteiger partial charge on any atom is -0.469 e. The number of hydrogen-bond donors (Lipinski definition) is 2. The maximum Gasteiger partial charge on any atom is 0.340 e. The Kier molecular flexibility index (Phi) is 9.79. The zero-order chi connectivity index (χ0) is 38.2. The van der Waals surface area contributed by atoms with E-state index in [0.29, 0.717) is 6.42 Å². The fourth-order valence-corrected chi connectivity index (χ4v) is 9.67. The van der Waals surface area contributed by atoms with Gasteiger partial charge < -0.3 is 43.4 Å². The van der Waals surface area contributed by atoms with Crippen molar-refractivity contribution in [1.29, 1.82) is 0 Å². The molecule has 2 aliphatic carbocycles. The molecule has 3 aliphatic heterocycles. The van der Waals surface area contributed by atoms with Crippen LogP contribution in [0.15, 0.2) is 23.8 Å². The van der Waals surface area contributed by atoms with Gasteiger partial charge in [-0.2, -0.15) is 0 Å². The average Bonchev–Trinajstić information content (AvgIpc) is 3.39. The van der Waals surface area contributed by atoms with E-state index in [4.69, 9.17) is 33.2 Å². The summed E-state index contributed by atoms with van der Waals surface area (Å²) in [6.07, 6.45) is -9.37. The zero-order valence-electron chi connectivity index (χ0n) is 30.4. The normalized spacial score (nSPS) is 41.4. The molecule has 13 atom stereocenters. The van der Waals surface area contributed by atoms with Crippen molar-refractivity contribution in [3.05, 3.63) is 23.8 Å². The molecule has 15 heteroatoms. The van der Waals surface area contributed by atoms with E-state index in [1.165, 1.54) is 27.9 Å². The van der Waals surface area contributed by atoms with Crippen molar-refractivity contribution in [2.45, 2.75) is 123 Å². The molecule has 5 aliphatic rings. The molecule has 0 aromatic carbocycles. The first-order valence-electron chi connectivity index (χ1n) is 17.1. The number of methoxy groups -OCH3 is 1. The van der Waals surface area contributed by atoms with Gasteiger partial charge in [0.25, 0.3) is 0 Å². The van der Waals surface area contributed by atoms with Gasteiger partial charge in [-0.05, 0) is 43.3 Å². The summed E-state index contributed by atoms with van der Waals surface area (Å²) < 4.78 is 41.0. The number of aliphatic hydroxyl groups excluding tert-OH is 2. The number of rotatable bonds is 8. The Morgan fingerprint density at radius 2 is 1.65 bits per heavy atom. The van der Waals surface area contributed by atoms with E-state index < -0.39 is 118 Å². The number of carbonyl (C=O) groups is 6. The van der Waals surface area contributed by atoms with Crippen LogP contribution in [0.1, 0.15) is 74.7 Å². The van der Waals surface area contributed by atoms with Gasteiger partial charge in [-0.1, -0.05) is 41.2 Å². The highest BCUT2D eigenvalue weighted by molar-refractivity contribution is 5.93. The van der Waals surface area contributed by atoms with Gasteiger partial charge in [0, 0.05) is 31.1 Å². The van der Waals surface area contributed by atoms with Crippen LogP contribution in [0.3, 0.4) is 0 Å². The van der Waals surface area contributed by atoms with E-state index in [1.54, 1.807) is 34.6 Å². The van der Waals surface area contributed by atoms with Crippen LogP contribution < -0.4 is 0 Å². The topological polar surface area (TPSA) is 207 Å². The number of aliphatic hydroxyl groups is 2. The van der Waals surface area contributed by atoms with E-state index in [2.05, 4.69) is 6.58 Å². The third-order valence-electron chi connectivity index (χ3n) is 12.4. The Bertz CT molecular complexity index is 1560. The van der Waals surface area contributed by atoms with E-state index in [1.807, 2.05) is 0 Å². The number of carbonyl (C=O) groups excluding carboxylic acids is 6. The maximum absolute atomic E-state index is 13.7. The second-order valence-corrected chi connectivity index (χ2v) is 15.4. The first-order chi connectivity index (χ1) is 23.6. The molecule has 51 heavy (non-hydrogen) atoms. The lowest BCUT2D eigenvalue weighted by Gasteiger charge is -2.73. The number of fused-ring (bicyclic) bond motifs is 3. The van der Waals surface area contributed by atoms with E-state index in [-0.39, 0.29) is 24.0 Å². The smallest absolute Gasteiger partial charge is 0.340 e. The van der Waals surface area contributed by atoms with Crippen LogP contribution in [0, 0.1) is 34.0 Å². The molecule has 0 radical (unpaired) electrons. The van der Waals surface area contributed by atoms with Crippen molar-refractivity contribution in [3.8, 4) is 0 Å². The lowest BCUT2D eigenvalue weighted by Crippen LogP contribution is -2.83. The van der Waals surface area contributed by atoms with Gasteiger partial charge in [0.15, 0.2) is 12.2 Å². The maximum atomic E-state index is 13.7. The lowest BCUT2D eigenvalue weighted by atomic mass is 9.40. The predicted molar refractivity (Wildman–Crippen MR) is 171 cm³/mol. The minimum atomic E-state index is -2.21. The van der Waals surface area contributed by atoms with Crippen LogP contribution in [-0.2, 0) is 61.9 Å². The summed E-state index contributed by atoms with van der Waals surface area (Å²) in [4.78, 5) is 79.1. The van der Waals surface area contributed by atoms with Gasteiger partial charge >= 0.3 is 35.8 Å². The third kappa shape index (κ3) is 5.49. The van der Waals surface area contributed by atoms with Crippen molar-refractivity contribution >= 4 is 35.8 Å². The summed E-state index contributed by atoms with van der Waals surface area (Å²) in [5.74, 6) is -7.09. The summed E-state index contributed by atoms with van der Waals surface area (Å²) >= 11 is 0. The van der Waals surface area contributed by atoms with Crippen molar-refractivity contribution in [2.24, 2.45) is 34.0 Å². The van der Waals surface area contributed by atoms with Gasteiger partial charge in [-0.25, -0.2) is 9.59 Å². The van der Waals surface area contributed by atoms with Crippen LogP contribution in [0.25, 0.3) is 0 Å². The third-order valence-corrected chi connectivity index (χ3v) is 12.4. The zero-order valence-corrected chi connectivity index (χ0v) is 30.4. The van der Waals surface area contributed by atoms with Gasteiger partial charge in [-0.3, -0.25) is 19.2 Å². The highest BCUT2D eigenvalue weighted by atomic mass is 16.6. The van der Waals surface area contributed by atoms with Gasteiger partial charge in [0.05, 0.1) is 24.0 Å². The Morgan fingerprint density at radius 1 is 1.02 bits per heavy atom. The molecule has 2 N–H and O–H groups in total. The molecule has 2 saturated carbocycles. The standard InChI is InChI=1S/C36H48O15/c1-11-15(2)30(42)49-25-28(47-18(5)38)33(6,7)21(14-23(39)45-10)34(8)20-13-22(46-17(4)37)35(9)27(19-12-24(40)48-31(19)43)50-32(44)26(41)36(35,16(20)3)51-29(25)34/h12,15,20-22,24-29,40-41H,3,11,13-14H2,1-2,4-10H3. The Morgan fingerprint density at radius 3 is 2.18 bits per heavy atom. The lowest BCUT2D eigenvalue weighted by molar-refractivity contribution is -0.365. The van der Waals surface area contributed by atoms with E-state index in [9.17, 15) is 39.0 Å². The summed E-state index contributed by atoms with van der Waals surface area (Å²) in [5, 5.41) is 22.2. The molecular weight excluding hydrogens is 672 g/mol. The van der Waals surface area contributed by atoms with Crippen molar-refractivity contribution in [1.82, 2.24) is 0 Å². The molecule has 3 heterocycles. The van der Waals surface area contributed by atoms with Crippen LogP contribution >= 0.6 is 0 Å². The van der Waals surface area contributed by atoms with Gasteiger partial charge in [-0.15, -0.1) is 0 Å². The van der Waals surface area contributed by atoms with E-state index >= 15 is 0 Å². The van der Waals surface area contributed by atoms with Gasteiger partial charge in [0.2, 0.25) is 6.29 Å². The van der Waals surface area contributed by atoms with E-state index in [0.717, 1.165) is 6.08 Å². The molecule has 5 rings (SSSR count). The van der Waals surface area contributed by atoms with Crippen molar-refractivity contribution in [3.63, 3.8) is 0 Å². The Labute approximate surface area is 295 Å². The van der Waals surface area contributed by atoms with Crippen LogP contribution in [0.2, 0.25) is 0 Å². The largest absolute Gasteiger partial charge is 0.469 e. The van der Waals surface area contributed by atoms with Crippen LogP contribution in [0.5, 0.6) is 0 Å². The molecule has 0 aromatic rings. The fraction of sp³-hybridized carbons (Fsp3) is 0.722. The number of hydrogen-bond acceptors (Lipinski definition) is 15. The number of ether oxygens (including phenoxy) is 7. The molecule has 13 unspecified atom stereocenters. The molecule has 1 spiro atoms. The predicted octanol–water partition coefficient (Wildman–Crippen LogP) is 1.84. The van der Waals surface area contributed by atoms with Crippen LogP contribution in [0.4, 0.5) is 0 Å². The van der Waals surface area contributed by atoms with Crippen LogP contribution in [-0.4, -0.2) is 102 Å². The SMILES string of the molecule is C=C1C2CC(OC(C)=O)C3(C)C(C4=CC(O)OC4=O)OC(=O)C(O)C13OC1C(OC(=O)C(C)CC)C(OC(C)=O)C(C)(C)C(CC(=O)OC)C21C. The highest BCUT2D eigenvalue weighted by Gasteiger charge is 2.81. The molecule has 15 nitrogen and oxygen atoms in total. The Hall–Kier alpha value is -3.82. The minimum absolute atomic E-state index is 0.0450. The molecule has 0 aromatic heterocycles. The van der Waals surface area contributed by atoms with Crippen molar-refractivity contribution in [2.75, 3.05) is 7.11 Å².